The lowest BCUT2D eigenvalue weighted by Gasteiger charge is -2.25. The number of carbonyl (C=O) groups is 2. The van der Waals surface area contributed by atoms with Crippen LogP contribution in [0.2, 0.25) is 0 Å². The molecule has 0 aromatic heterocycles. The summed E-state index contributed by atoms with van der Waals surface area (Å²) in [6.45, 7) is 6.52. The lowest BCUT2D eigenvalue weighted by molar-refractivity contribution is -0.110. The summed E-state index contributed by atoms with van der Waals surface area (Å²) >= 11 is 0. The Morgan fingerprint density at radius 2 is 2.09 bits per heavy atom. The summed E-state index contributed by atoms with van der Waals surface area (Å²) in [4.78, 5) is 25.2. The highest BCUT2D eigenvalue weighted by Crippen LogP contribution is 2.35. The fourth-order valence-corrected chi connectivity index (χ4v) is 2.78. The van der Waals surface area contributed by atoms with Gasteiger partial charge in [0.1, 0.15) is 17.6 Å². The molecule has 1 amide bonds. The highest BCUT2D eigenvalue weighted by atomic mass is 16.6. The Balaban J connectivity index is 2.07. The molecular weight excluding hydrogens is 282 g/mol. The van der Waals surface area contributed by atoms with E-state index < -0.39 is 11.5 Å². The first-order chi connectivity index (χ1) is 10.3. The van der Waals surface area contributed by atoms with E-state index in [4.69, 9.17) is 4.74 Å². The SMILES string of the molecule is CC(C)(C)OC(=O)N1CCC(C(C=O)c2ccccc2O)C1. The van der Waals surface area contributed by atoms with Crippen LogP contribution in [0.15, 0.2) is 24.3 Å². The number of phenols is 1. The van der Waals surface area contributed by atoms with Crippen molar-refractivity contribution in [3.05, 3.63) is 29.8 Å². The number of carbonyl (C=O) groups excluding carboxylic acids is 2. The summed E-state index contributed by atoms with van der Waals surface area (Å²) in [5, 5.41) is 9.94. The number of para-hydroxylation sites is 1. The largest absolute Gasteiger partial charge is 0.508 e. The minimum absolute atomic E-state index is 0.00156. The van der Waals surface area contributed by atoms with E-state index in [1.165, 1.54) is 0 Å². The van der Waals surface area contributed by atoms with Gasteiger partial charge in [-0.05, 0) is 39.2 Å². The fraction of sp³-hybridized carbons (Fsp3) is 0.529. The molecule has 5 nitrogen and oxygen atoms in total. The third-order valence-electron chi connectivity index (χ3n) is 3.83. The minimum atomic E-state index is -0.531. The van der Waals surface area contributed by atoms with E-state index in [1.54, 1.807) is 29.2 Å². The first-order valence-corrected chi connectivity index (χ1v) is 7.53. The van der Waals surface area contributed by atoms with Crippen molar-refractivity contribution in [3.63, 3.8) is 0 Å². The van der Waals surface area contributed by atoms with Gasteiger partial charge in [0, 0.05) is 24.6 Å². The van der Waals surface area contributed by atoms with Crippen molar-refractivity contribution < 1.29 is 19.4 Å². The Labute approximate surface area is 130 Å². The summed E-state index contributed by atoms with van der Waals surface area (Å²) < 4.78 is 5.36. The minimum Gasteiger partial charge on any atom is -0.508 e. The molecule has 0 saturated carbocycles. The number of aromatic hydroxyl groups is 1. The number of amides is 1. The summed E-state index contributed by atoms with van der Waals surface area (Å²) in [6, 6.07) is 6.85. The van der Waals surface area contributed by atoms with E-state index in [-0.39, 0.29) is 17.8 Å². The van der Waals surface area contributed by atoms with Crippen molar-refractivity contribution >= 4 is 12.4 Å². The molecule has 5 heteroatoms. The first kappa shape index (κ1) is 16.3. The van der Waals surface area contributed by atoms with Crippen LogP contribution >= 0.6 is 0 Å². The zero-order chi connectivity index (χ0) is 16.3. The molecule has 1 aromatic carbocycles. The van der Waals surface area contributed by atoms with Crippen molar-refractivity contribution in [2.45, 2.75) is 38.7 Å². The lowest BCUT2D eigenvalue weighted by atomic mass is 9.86. The molecule has 1 N–H and O–H groups in total. The van der Waals surface area contributed by atoms with Gasteiger partial charge in [-0.2, -0.15) is 0 Å². The molecule has 22 heavy (non-hydrogen) atoms. The highest BCUT2D eigenvalue weighted by Gasteiger charge is 2.35. The van der Waals surface area contributed by atoms with E-state index in [1.807, 2.05) is 20.8 Å². The van der Waals surface area contributed by atoms with Crippen molar-refractivity contribution in [1.29, 1.82) is 0 Å². The fourth-order valence-electron chi connectivity index (χ4n) is 2.78. The molecule has 1 aliphatic heterocycles. The van der Waals surface area contributed by atoms with Crippen LogP contribution in [-0.2, 0) is 9.53 Å². The average molecular weight is 305 g/mol. The molecule has 2 atom stereocenters. The Bertz CT molecular complexity index is 550. The molecule has 0 aliphatic carbocycles. The van der Waals surface area contributed by atoms with Crippen LogP contribution in [0.1, 0.15) is 38.7 Å². The van der Waals surface area contributed by atoms with Crippen LogP contribution in [0.4, 0.5) is 4.79 Å². The van der Waals surface area contributed by atoms with Crippen LogP contribution in [0, 0.1) is 5.92 Å². The topological polar surface area (TPSA) is 66.8 Å². The molecule has 120 valence electrons. The molecule has 1 aliphatic rings. The number of likely N-dealkylation sites (tertiary alicyclic amines) is 1. The second-order valence-corrected chi connectivity index (χ2v) is 6.70. The highest BCUT2D eigenvalue weighted by molar-refractivity contribution is 5.69. The zero-order valence-electron chi connectivity index (χ0n) is 13.3. The van der Waals surface area contributed by atoms with E-state index >= 15 is 0 Å². The first-order valence-electron chi connectivity index (χ1n) is 7.53. The van der Waals surface area contributed by atoms with Crippen molar-refractivity contribution in [3.8, 4) is 5.75 Å². The molecule has 1 heterocycles. The van der Waals surface area contributed by atoms with Crippen LogP contribution in [0.5, 0.6) is 5.75 Å². The number of phenolic OH excluding ortho intramolecular Hbond substituents is 1. The van der Waals surface area contributed by atoms with Crippen LogP contribution in [-0.4, -0.2) is 41.1 Å². The summed E-state index contributed by atoms with van der Waals surface area (Å²) in [7, 11) is 0. The second kappa shape index (κ2) is 6.38. The molecule has 0 radical (unpaired) electrons. The van der Waals surface area contributed by atoms with E-state index in [0.29, 0.717) is 18.7 Å². The summed E-state index contributed by atoms with van der Waals surface area (Å²) in [5.41, 5.74) is 0.0882. The summed E-state index contributed by atoms with van der Waals surface area (Å²) in [5.74, 6) is -0.290. The van der Waals surface area contributed by atoms with E-state index in [0.717, 1.165) is 12.7 Å². The number of hydrogen-bond donors (Lipinski definition) is 1. The molecule has 1 saturated heterocycles. The van der Waals surface area contributed by atoms with Gasteiger partial charge < -0.3 is 19.5 Å². The average Bonchev–Trinajstić information content (AvgIpc) is 2.89. The molecule has 1 fully saturated rings. The Morgan fingerprint density at radius 1 is 1.41 bits per heavy atom. The van der Waals surface area contributed by atoms with Gasteiger partial charge in [-0.15, -0.1) is 0 Å². The Hall–Kier alpha value is -2.04. The zero-order valence-corrected chi connectivity index (χ0v) is 13.3. The van der Waals surface area contributed by atoms with Crippen LogP contribution < -0.4 is 0 Å². The van der Waals surface area contributed by atoms with Crippen LogP contribution in [0.3, 0.4) is 0 Å². The van der Waals surface area contributed by atoms with Crippen molar-refractivity contribution in [2.24, 2.45) is 5.92 Å². The molecule has 1 aromatic rings. The van der Waals surface area contributed by atoms with Gasteiger partial charge in [0.25, 0.3) is 0 Å². The quantitative estimate of drug-likeness (QED) is 0.872. The standard InChI is InChI=1S/C17H23NO4/c1-17(2,3)22-16(21)18-9-8-12(10-18)14(11-19)13-6-4-5-7-15(13)20/h4-7,11-12,14,20H,8-10H2,1-3H3. The third kappa shape index (κ3) is 3.78. The lowest BCUT2D eigenvalue weighted by Crippen LogP contribution is -2.35. The van der Waals surface area contributed by atoms with Gasteiger partial charge in [0.2, 0.25) is 0 Å². The van der Waals surface area contributed by atoms with Gasteiger partial charge in [-0.3, -0.25) is 0 Å². The predicted octanol–water partition coefficient (Wildman–Crippen LogP) is 2.93. The number of benzene rings is 1. The van der Waals surface area contributed by atoms with Gasteiger partial charge in [-0.25, -0.2) is 4.79 Å². The molecule has 0 spiro atoms. The number of nitrogens with zero attached hydrogens (tertiary/aromatic N) is 1. The number of ether oxygens (including phenoxy) is 1. The summed E-state index contributed by atoms with van der Waals surface area (Å²) in [6.07, 6.45) is 1.23. The number of rotatable bonds is 3. The van der Waals surface area contributed by atoms with Crippen molar-refractivity contribution in [1.82, 2.24) is 4.90 Å². The van der Waals surface area contributed by atoms with Gasteiger partial charge in [0.15, 0.2) is 0 Å². The molecule has 2 unspecified atom stereocenters. The van der Waals surface area contributed by atoms with E-state index in [2.05, 4.69) is 0 Å². The molecule has 2 rings (SSSR count). The van der Waals surface area contributed by atoms with Gasteiger partial charge in [-0.1, -0.05) is 18.2 Å². The molecular formula is C17H23NO4. The predicted molar refractivity (Wildman–Crippen MR) is 82.8 cm³/mol. The maximum absolute atomic E-state index is 12.1. The maximum atomic E-state index is 12.1. The van der Waals surface area contributed by atoms with E-state index in [9.17, 15) is 14.7 Å². The Kier molecular flexibility index (Phi) is 4.74. The number of hydrogen-bond acceptors (Lipinski definition) is 4. The normalized spacial score (nSPS) is 19.8. The second-order valence-electron chi connectivity index (χ2n) is 6.70. The third-order valence-corrected chi connectivity index (χ3v) is 3.83. The monoisotopic (exact) mass is 305 g/mol. The van der Waals surface area contributed by atoms with Crippen molar-refractivity contribution in [2.75, 3.05) is 13.1 Å². The molecule has 0 bridgehead atoms. The van der Waals surface area contributed by atoms with Crippen LogP contribution in [0.25, 0.3) is 0 Å². The Morgan fingerprint density at radius 3 is 2.68 bits per heavy atom. The maximum Gasteiger partial charge on any atom is 0.410 e. The van der Waals surface area contributed by atoms with Gasteiger partial charge in [0.05, 0.1) is 0 Å². The number of aldehydes is 1. The smallest absolute Gasteiger partial charge is 0.410 e. The van der Waals surface area contributed by atoms with Gasteiger partial charge >= 0.3 is 6.09 Å².